The summed E-state index contributed by atoms with van der Waals surface area (Å²) in [6, 6.07) is 13.6. The molecule has 5 nitrogen and oxygen atoms in total. The van der Waals surface area contributed by atoms with Crippen LogP contribution in [-0.2, 0) is 22.4 Å². The molecule has 2 aromatic rings. The van der Waals surface area contributed by atoms with Gasteiger partial charge in [0.2, 0.25) is 11.8 Å². The van der Waals surface area contributed by atoms with Crippen LogP contribution in [0, 0.1) is 0 Å². The summed E-state index contributed by atoms with van der Waals surface area (Å²) >= 11 is 0. The monoisotopic (exact) mass is 366 g/mol. The van der Waals surface area contributed by atoms with Crippen molar-refractivity contribution in [1.29, 1.82) is 0 Å². The van der Waals surface area contributed by atoms with Crippen LogP contribution in [0.4, 0.5) is 11.4 Å². The average Bonchev–Trinajstić information content (AvgIpc) is 2.69. The summed E-state index contributed by atoms with van der Waals surface area (Å²) in [6.07, 6.45) is 3.28. The number of methoxy groups -OCH3 is 1. The lowest BCUT2D eigenvalue weighted by Crippen LogP contribution is -2.35. The first-order valence-corrected chi connectivity index (χ1v) is 9.46. The third kappa shape index (κ3) is 4.67. The van der Waals surface area contributed by atoms with Crippen LogP contribution in [0.3, 0.4) is 0 Å². The van der Waals surface area contributed by atoms with Gasteiger partial charge in [-0.15, -0.1) is 0 Å². The normalized spacial score (nSPS) is 13.3. The topological polar surface area (TPSA) is 58.6 Å². The number of anilines is 2. The van der Waals surface area contributed by atoms with Gasteiger partial charge < -0.3 is 15.0 Å². The van der Waals surface area contributed by atoms with Crippen LogP contribution in [0.1, 0.15) is 37.3 Å². The number of amides is 2. The molecule has 0 aromatic heterocycles. The number of rotatable bonds is 7. The maximum absolute atomic E-state index is 12.3. The molecule has 0 unspecified atom stereocenters. The summed E-state index contributed by atoms with van der Waals surface area (Å²) in [6.45, 7) is 2.80. The molecule has 1 N–H and O–H groups in total. The van der Waals surface area contributed by atoms with Gasteiger partial charge in [0.05, 0.1) is 7.11 Å². The molecule has 5 heteroatoms. The fourth-order valence-corrected chi connectivity index (χ4v) is 3.38. The number of nitrogens with zero attached hydrogens (tertiary/aromatic N) is 1. The molecule has 1 heterocycles. The van der Waals surface area contributed by atoms with Crippen LogP contribution in [-0.4, -0.2) is 25.5 Å². The van der Waals surface area contributed by atoms with Crippen LogP contribution in [0.2, 0.25) is 0 Å². The van der Waals surface area contributed by atoms with Crippen molar-refractivity contribution < 1.29 is 14.3 Å². The lowest BCUT2D eigenvalue weighted by Gasteiger charge is -2.29. The Morgan fingerprint density at radius 3 is 2.63 bits per heavy atom. The third-order valence-electron chi connectivity index (χ3n) is 4.81. The van der Waals surface area contributed by atoms with Gasteiger partial charge in [0, 0.05) is 30.8 Å². The highest BCUT2D eigenvalue weighted by molar-refractivity contribution is 5.97. The van der Waals surface area contributed by atoms with E-state index in [2.05, 4.69) is 12.2 Å². The number of hydrogen-bond donors (Lipinski definition) is 1. The molecule has 2 aromatic carbocycles. The van der Waals surface area contributed by atoms with Crippen molar-refractivity contribution >= 4 is 23.2 Å². The molecule has 1 aliphatic rings. The second-order valence-corrected chi connectivity index (χ2v) is 6.79. The molecular weight excluding hydrogens is 340 g/mol. The maximum Gasteiger partial charge on any atom is 0.227 e. The zero-order valence-electron chi connectivity index (χ0n) is 16.0. The summed E-state index contributed by atoms with van der Waals surface area (Å²) < 4.78 is 5.14. The Morgan fingerprint density at radius 2 is 1.93 bits per heavy atom. The zero-order valence-corrected chi connectivity index (χ0v) is 16.0. The number of ether oxygens (including phenoxy) is 1. The summed E-state index contributed by atoms with van der Waals surface area (Å²) in [5, 5.41) is 2.98. The van der Waals surface area contributed by atoms with E-state index < -0.39 is 0 Å². The van der Waals surface area contributed by atoms with Crippen molar-refractivity contribution in [2.45, 2.75) is 39.0 Å². The first-order chi connectivity index (χ1) is 13.1. The molecule has 0 aliphatic carbocycles. The van der Waals surface area contributed by atoms with E-state index in [0.717, 1.165) is 47.6 Å². The lowest BCUT2D eigenvalue weighted by molar-refractivity contribution is -0.119. The van der Waals surface area contributed by atoms with Gasteiger partial charge in [-0.3, -0.25) is 9.59 Å². The molecule has 0 fully saturated rings. The molecule has 0 atom stereocenters. The Balaban J connectivity index is 1.60. The number of aryl methyl sites for hydroxylation is 2. The van der Waals surface area contributed by atoms with Crippen molar-refractivity contribution in [2.24, 2.45) is 0 Å². The summed E-state index contributed by atoms with van der Waals surface area (Å²) in [4.78, 5) is 26.3. The minimum Gasteiger partial charge on any atom is -0.497 e. The molecule has 1 aliphatic heterocycles. The number of carbonyl (C=O) groups is 2. The van der Waals surface area contributed by atoms with Crippen molar-refractivity contribution in [3.8, 4) is 5.75 Å². The second-order valence-electron chi connectivity index (χ2n) is 6.79. The third-order valence-corrected chi connectivity index (χ3v) is 4.81. The van der Waals surface area contributed by atoms with Gasteiger partial charge in [0.25, 0.3) is 0 Å². The van der Waals surface area contributed by atoms with Gasteiger partial charge in [0.1, 0.15) is 5.75 Å². The van der Waals surface area contributed by atoms with Crippen LogP contribution >= 0.6 is 0 Å². The van der Waals surface area contributed by atoms with Crippen LogP contribution in [0.25, 0.3) is 0 Å². The van der Waals surface area contributed by atoms with Gasteiger partial charge in [-0.05, 0) is 60.7 Å². The standard InChI is InChI=1S/C22H26N2O3/c1-3-14-24-20-11-8-18(15-17(20)7-13-22(24)26)23-21(25)12-6-16-4-9-19(27-2)10-5-16/h4-5,8-11,15H,3,6-7,12-14H2,1-2H3,(H,23,25). The van der Waals surface area contributed by atoms with Crippen LogP contribution < -0.4 is 15.0 Å². The summed E-state index contributed by atoms with van der Waals surface area (Å²) in [7, 11) is 1.64. The van der Waals surface area contributed by atoms with E-state index in [1.165, 1.54) is 0 Å². The van der Waals surface area contributed by atoms with E-state index in [4.69, 9.17) is 4.74 Å². The van der Waals surface area contributed by atoms with Gasteiger partial charge in [-0.1, -0.05) is 19.1 Å². The van der Waals surface area contributed by atoms with Crippen molar-refractivity contribution in [1.82, 2.24) is 0 Å². The van der Waals surface area contributed by atoms with E-state index in [9.17, 15) is 9.59 Å². The number of hydrogen-bond acceptors (Lipinski definition) is 3. The van der Waals surface area contributed by atoms with E-state index in [1.807, 2.05) is 47.4 Å². The first-order valence-electron chi connectivity index (χ1n) is 9.46. The molecule has 0 saturated carbocycles. The highest BCUT2D eigenvalue weighted by atomic mass is 16.5. The minimum absolute atomic E-state index is 0.0110. The highest BCUT2D eigenvalue weighted by Gasteiger charge is 2.23. The van der Waals surface area contributed by atoms with E-state index in [0.29, 0.717) is 19.3 Å². The first kappa shape index (κ1) is 19.0. The Hall–Kier alpha value is -2.82. The fourth-order valence-electron chi connectivity index (χ4n) is 3.38. The largest absolute Gasteiger partial charge is 0.497 e. The second kappa shape index (κ2) is 8.71. The Bertz CT molecular complexity index is 815. The predicted octanol–water partition coefficient (Wildman–Crippen LogP) is 3.96. The number of benzene rings is 2. The van der Waals surface area contributed by atoms with Gasteiger partial charge in [-0.25, -0.2) is 0 Å². The van der Waals surface area contributed by atoms with Crippen molar-refractivity contribution in [3.05, 3.63) is 53.6 Å². The molecule has 0 spiro atoms. The predicted molar refractivity (Wildman–Crippen MR) is 107 cm³/mol. The van der Waals surface area contributed by atoms with Gasteiger partial charge in [-0.2, -0.15) is 0 Å². The SMILES string of the molecule is CCCN1C(=O)CCc2cc(NC(=O)CCc3ccc(OC)cc3)ccc21. The molecule has 3 rings (SSSR count). The quantitative estimate of drug-likeness (QED) is 0.807. The molecule has 0 bridgehead atoms. The number of fused-ring (bicyclic) bond motifs is 1. The molecule has 2 amide bonds. The Labute approximate surface area is 160 Å². The van der Waals surface area contributed by atoms with E-state index >= 15 is 0 Å². The summed E-state index contributed by atoms with van der Waals surface area (Å²) in [5.41, 5.74) is 3.99. The molecule has 142 valence electrons. The molecule has 27 heavy (non-hydrogen) atoms. The smallest absolute Gasteiger partial charge is 0.227 e. The molecule has 0 saturated heterocycles. The lowest BCUT2D eigenvalue weighted by atomic mass is 10.00. The summed E-state index contributed by atoms with van der Waals surface area (Å²) in [5.74, 6) is 0.983. The number of nitrogens with one attached hydrogen (secondary N) is 1. The van der Waals surface area contributed by atoms with E-state index in [1.54, 1.807) is 7.11 Å². The van der Waals surface area contributed by atoms with Gasteiger partial charge in [0.15, 0.2) is 0 Å². The maximum atomic E-state index is 12.3. The molecular formula is C22H26N2O3. The van der Waals surface area contributed by atoms with Crippen LogP contribution in [0.15, 0.2) is 42.5 Å². The van der Waals surface area contributed by atoms with Crippen molar-refractivity contribution in [3.63, 3.8) is 0 Å². The number of carbonyl (C=O) groups excluding carboxylic acids is 2. The Morgan fingerprint density at radius 1 is 1.15 bits per heavy atom. The highest BCUT2D eigenvalue weighted by Crippen LogP contribution is 2.30. The molecule has 0 radical (unpaired) electrons. The average molecular weight is 366 g/mol. The van der Waals surface area contributed by atoms with E-state index in [-0.39, 0.29) is 11.8 Å². The Kier molecular flexibility index (Phi) is 6.12. The van der Waals surface area contributed by atoms with Gasteiger partial charge >= 0.3 is 0 Å². The fraction of sp³-hybridized carbons (Fsp3) is 0.364. The van der Waals surface area contributed by atoms with Crippen LogP contribution in [0.5, 0.6) is 5.75 Å². The minimum atomic E-state index is -0.0110. The zero-order chi connectivity index (χ0) is 19.2. The van der Waals surface area contributed by atoms with Crippen molar-refractivity contribution in [2.75, 3.05) is 23.9 Å².